The van der Waals surface area contributed by atoms with Gasteiger partial charge in [-0.2, -0.15) is 0 Å². The van der Waals surface area contributed by atoms with Crippen LogP contribution in [-0.2, 0) is 14.3 Å². The molecule has 2 aliphatic rings. The van der Waals surface area contributed by atoms with E-state index in [2.05, 4.69) is 10.1 Å². The van der Waals surface area contributed by atoms with E-state index in [9.17, 15) is 14.4 Å². The summed E-state index contributed by atoms with van der Waals surface area (Å²) in [7, 11) is 1.28. The monoisotopic (exact) mass is 358 g/mol. The summed E-state index contributed by atoms with van der Waals surface area (Å²) in [5.74, 6) is -0.448. The van der Waals surface area contributed by atoms with E-state index < -0.39 is 12.0 Å². The van der Waals surface area contributed by atoms with Crippen LogP contribution in [0.15, 0.2) is 24.3 Å². The number of ether oxygens (including phenoxy) is 1. The minimum Gasteiger partial charge on any atom is -0.469 e. The van der Waals surface area contributed by atoms with E-state index in [1.165, 1.54) is 49.7 Å². The standard InChI is InChI=1S/C20H26N2O4/c1-26-18(23)13-17-19(24)21-11-12-22(17)20(25)16-9-7-15(8-10-16)14-5-3-2-4-6-14/h7-10,14,17H,2-6,11-13H2,1H3,(H,21,24). The molecule has 1 unspecified atom stereocenters. The van der Waals surface area contributed by atoms with E-state index in [1.807, 2.05) is 24.3 Å². The average molecular weight is 358 g/mol. The van der Waals surface area contributed by atoms with Crippen molar-refractivity contribution < 1.29 is 19.1 Å². The molecule has 2 amide bonds. The Labute approximate surface area is 153 Å². The molecule has 1 N–H and O–H groups in total. The maximum atomic E-state index is 12.9. The van der Waals surface area contributed by atoms with Gasteiger partial charge < -0.3 is 15.0 Å². The molecular formula is C20H26N2O4. The fourth-order valence-corrected chi connectivity index (χ4v) is 3.90. The second-order valence-corrected chi connectivity index (χ2v) is 7.04. The summed E-state index contributed by atoms with van der Waals surface area (Å²) >= 11 is 0. The minimum atomic E-state index is -0.818. The second-order valence-electron chi connectivity index (χ2n) is 7.04. The molecule has 2 fully saturated rings. The maximum Gasteiger partial charge on any atom is 0.308 e. The summed E-state index contributed by atoms with van der Waals surface area (Å²) in [4.78, 5) is 38.1. The maximum absolute atomic E-state index is 12.9. The summed E-state index contributed by atoms with van der Waals surface area (Å²) in [5.41, 5.74) is 1.83. The van der Waals surface area contributed by atoms with Gasteiger partial charge in [-0.1, -0.05) is 31.4 Å². The van der Waals surface area contributed by atoms with Gasteiger partial charge in [0, 0.05) is 18.7 Å². The summed E-state index contributed by atoms with van der Waals surface area (Å²) < 4.78 is 4.66. The first kappa shape index (κ1) is 18.4. The van der Waals surface area contributed by atoms with Crippen molar-refractivity contribution in [3.63, 3.8) is 0 Å². The Morgan fingerprint density at radius 1 is 1.15 bits per heavy atom. The van der Waals surface area contributed by atoms with Crippen LogP contribution in [0.1, 0.15) is 60.4 Å². The molecule has 140 valence electrons. The summed E-state index contributed by atoms with van der Waals surface area (Å²) in [6.45, 7) is 0.777. The van der Waals surface area contributed by atoms with Gasteiger partial charge in [0.25, 0.3) is 5.91 Å². The number of methoxy groups -OCH3 is 1. The first-order valence-corrected chi connectivity index (χ1v) is 9.35. The molecule has 1 aromatic carbocycles. The van der Waals surface area contributed by atoms with Crippen molar-refractivity contribution >= 4 is 17.8 Å². The number of hydrogen-bond acceptors (Lipinski definition) is 4. The van der Waals surface area contributed by atoms with E-state index in [0.29, 0.717) is 24.6 Å². The van der Waals surface area contributed by atoms with Gasteiger partial charge in [0.15, 0.2) is 0 Å². The van der Waals surface area contributed by atoms with Gasteiger partial charge in [-0.05, 0) is 36.5 Å². The van der Waals surface area contributed by atoms with Gasteiger partial charge in [0.1, 0.15) is 6.04 Å². The topological polar surface area (TPSA) is 75.7 Å². The highest BCUT2D eigenvalue weighted by molar-refractivity contribution is 5.99. The Morgan fingerprint density at radius 3 is 2.50 bits per heavy atom. The highest BCUT2D eigenvalue weighted by atomic mass is 16.5. The molecule has 1 heterocycles. The molecule has 3 rings (SSSR count). The lowest BCUT2D eigenvalue weighted by Gasteiger charge is -2.34. The normalized spacial score (nSPS) is 21.2. The molecule has 0 radical (unpaired) electrons. The van der Waals surface area contributed by atoms with E-state index >= 15 is 0 Å². The third-order valence-electron chi connectivity index (χ3n) is 5.41. The lowest BCUT2D eigenvalue weighted by molar-refractivity contribution is -0.145. The fourth-order valence-electron chi connectivity index (χ4n) is 3.90. The predicted octanol–water partition coefficient (Wildman–Crippen LogP) is 2.24. The number of esters is 1. The van der Waals surface area contributed by atoms with Gasteiger partial charge in [-0.3, -0.25) is 14.4 Å². The Morgan fingerprint density at radius 2 is 1.85 bits per heavy atom. The number of piperazine rings is 1. The molecule has 6 heteroatoms. The largest absolute Gasteiger partial charge is 0.469 e. The number of amides is 2. The van der Waals surface area contributed by atoms with Crippen molar-refractivity contribution in [2.75, 3.05) is 20.2 Å². The second kappa shape index (κ2) is 8.34. The molecule has 26 heavy (non-hydrogen) atoms. The molecule has 1 aliphatic heterocycles. The highest BCUT2D eigenvalue weighted by Gasteiger charge is 2.35. The predicted molar refractivity (Wildman–Crippen MR) is 96.7 cm³/mol. The molecule has 1 saturated carbocycles. The number of carbonyl (C=O) groups is 3. The van der Waals surface area contributed by atoms with Crippen LogP contribution in [0, 0.1) is 0 Å². The van der Waals surface area contributed by atoms with Gasteiger partial charge in [-0.15, -0.1) is 0 Å². The highest BCUT2D eigenvalue weighted by Crippen LogP contribution is 2.32. The Balaban J connectivity index is 1.73. The fraction of sp³-hybridized carbons (Fsp3) is 0.550. The van der Waals surface area contributed by atoms with Crippen LogP contribution in [-0.4, -0.2) is 48.9 Å². The quantitative estimate of drug-likeness (QED) is 0.838. The first-order valence-electron chi connectivity index (χ1n) is 9.35. The first-order chi connectivity index (χ1) is 12.6. The summed E-state index contributed by atoms with van der Waals surface area (Å²) in [5, 5.41) is 2.71. The van der Waals surface area contributed by atoms with E-state index in [0.717, 1.165) is 0 Å². The molecule has 1 aliphatic carbocycles. The van der Waals surface area contributed by atoms with Crippen molar-refractivity contribution in [1.29, 1.82) is 0 Å². The molecule has 1 saturated heterocycles. The van der Waals surface area contributed by atoms with Gasteiger partial charge in [0.05, 0.1) is 13.5 Å². The van der Waals surface area contributed by atoms with Crippen molar-refractivity contribution in [1.82, 2.24) is 10.2 Å². The van der Waals surface area contributed by atoms with E-state index in [1.54, 1.807) is 0 Å². The number of carbonyl (C=O) groups excluding carboxylic acids is 3. The van der Waals surface area contributed by atoms with Crippen molar-refractivity contribution in [3.05, 3.63) is 35.4 Å². The van der Waals surface area contributed by atoms with Crippen LogP contribution in [0.2, 0.25) is 0 Å². The van der Waals surface area contributed by atoms with Crippen molar-refractivity contribution in [2.24, 2.45) is 0 Å². The lowest BCUT2D eigenvalue weighted by Crippen LogP contribution is -2.57. The van der Waals surface area contributed by atoms with Crippen LogP contribution in [0.4, 0.5) is 0 Å². The minimum absolute atomic E-state index is 0.131. The van der Waals surface area contributed by atoms with E-state index in [-0.39, 0.29) is 18.2 Å². The molecule has 0 aromatic heterocycles. The molecule has 0 bridgehead atoms. The zero-order valence-corrected chi connectivity index (χ0v) is 15.2. The Kier molecular flexibility index (Phi) is 5.91. The Bertz CT molecular complexity index is 665. The summed E-state index contributed by atoms with van der Waals surface area (Å²) in [6.07, 6.45) is 6.13. The molecule has 6 nitrogen and oxygen atoms in total. The zero-order chi connectivity index (χ0) is 18.5. The smallest absolute Gasteiger partial charge is 0.308 e. The van der Waals surface area contributed by atoms with Gasteiger partial charge >= 0.3 is 5.97 Å². The summed E-state index contributed by atoms with van der Waals surface area (Å²) in [6, 6.07) is 6.93. The van der Waals surface area contributed by atoms with Gasteiger partial charge in [-0.25, -0.2) is 0 Å². The average Bonchev–Trinajstić information content (AvgIpc) is 2.69. The van der Waals surface area contributed by atoms with Crippen molar-refractivity contribution in [2.45, 2.75) is 50.5 Å². The molecule has 1 atom stereocenters. The van der Waals surface area contributed by atoms with Crippen LogP contribution in [0.3, 0.4) is 0 Å². The molecule has 0 spiro atoms. The van der Waals surface area contributed by atoms with Crippen LogP contribution >= 0.6 is 0 Å². The van der Waals surface area contributed by atoms with Crippen LogP contribution in [0.25, 0.3) is 0 Å². The number of rotatable bonds is 4. The van der Waals surface area contributed by atoms with Crippen LogP contribution in [0.5, 0.6) is 0 Å². The van der Waals surface area contributed by atoms with E-state index in [4.69, 9.17) is 0 Å². The third kappa shape index (κ3) is 4.06. The SMILES string of the molecule is COC(=O)CC1C(=O)NCCN1C(=O)c1ccc(C2CCCCC2)cc1. The number of nitrogens with zero attached hydrogens (tertiary/aromatic N) is 1. The Hall–Kier alpha value is -2.37. The number of benzene rings is 1. The van der Waals surface area contributed by atoms with Gasteiger partial charge in [0.2, 0.25) is 5.91 Å². The molecule has 1 aromatic rings. The van der Waals surface area contributed by atoms with Crippen LogP contribution < -0.4 is 5.32 Å². The zero-order valence-electron chi connectivity index (χ0n) is 15.2. The molecular weight excluding hydrogens is 332 g/mol. The number of hydrogen-bond donors (Lipinski definition) is 1. The van der Waals surface area contributed by atoms with Crippen molar-refractivity contribution in [3.8, 4) is 0 Å². The number of nitrogens with one attached hydrogen (secondary N) is 1. The third-order valence-corrected chi connectivity index (χ3v) is 5.41. The lowest BCUT2D eigenvalue weighted by atomic mass is 9.84.